The van der Waals surface area contributed by atoms with Gasteiger partial charge in [0.25, 0.3) is 5.91 Å². The highest BCUT2D eigenvalue weighted by molar-refractivity contribution is 5.91. The smallest absolute Gasteiger partial charge is 0.292 e. The second-order valence-electron chi connectivity index (χ2n) is 9.19. The molecule has 3 heterocycles. The predicted octanol–water partition coefficient (Wildman–Crippen LogP) is 4.31. The first-order valence-corrected chi connectivity index (χ1v) is 11.2. The van der Waals surface area contributed by atoms with Crippen molar-refractivity contribution < 1.29 is 9.32 Å². The Kier molecular flexibility index (Phi) is 6.16. The van der Waals surface area contributed by atoms with Crippen LogP contribution in [0.25, 0.3) is 0 Å². The molecule has 0 radical (unpaired) electrons. The lowest BCUT2D eigenvalue weighted by Crippen LogP contribution is -2.38. The maximum absolute atomic E-state index is 12.7. The number of carbonyl (C=O) groups excluding carboxylic acids is 1. The summed E-state index contributed by atoms with van der Waals surface area (Å²) >= 11 is 0. The van der Waals surface area contributed by atoms with Gasteiger partial charge in [0, 0.05) is 38.2 Å². The molecule has 1 atom stereocenters. The van der Waals surface area contributed by atoms with E-state index in [1.165, 1.54) is 51.6 Å². The first kappa shape index (κ1) is 19.0. The van der Waals surface area contributed by atoms with Gasteiger partial charge in [-0.05, 0) is 56.9 Å². The Balaban J connectivity index is 1.33. The zero-order valence-electron chi connectivity index (χ0n) is 16.9. The molecule has 5 heteroatoms. The third-order valence-electron chi connectivity index (χ3n) is 6.97. The highest BCUT2D eigenvalue weighted by Gasteiger charge is 2.29. The quantitative estimate of drug-likeness (QED) is 0.789. The third-order valence-corrected chi connectivity index (χ3v) is 6.97. The van der Waals surface area contributed by atoms with Crippen molar-refractivity contribution in [2.75, 3.05) is 32.7 Å². The Morgan fingerprint density at radius 1 is 1.07 bits per heavy atom. The lowest BCUT2D eigenvalue weighted by atomic mass is 9.87. The molecule has 27 heavy (non-hydrogen) atoms. The van der Waals surface area contributed by atoms with Gasteiger partial charge < -0.3 is 14.3 Å². The predicted molar refractivity (Wildman–Crippen MR) is 106 cm³/mol. The van der Waals surface area contributed by atoms with Crippen LogP contribution in [-0.2, 0) is 0 Å². The van der Waals surface area contributed by atoms with Crippen LogP contribution >= 0.6 is 0 Å². The summed E-state index contributed by atoms with van der Waals surface area (Å²) in [4.78, 5) is 17.3. The van der Waals surface area contributed by atoms with Crippen LogP contribution < -0.4 is 0 Å². The van der Waals surface area contributed by atoms with Gasteiger partial charge in [-0.2, -0.15) is 0 Å². The van der Waals surface area contributed by atoms with E-state index in [1.54, 1.807) is 0 Å². The molecular formula is C22H35N3O2. The van der Waals surface area contributed by atoms with Crippen molar-refractivity contribution in [1.29, 1.82) is 0 Å². The van der Waals surface area contributed by atoms with Crippen LogP contribution in [0.4, 0.5) is 0 Å². The van der Waals surface area contributed by atoms with Crippen LogP contribution in [0.5, 0.6) is 0 Å². The van der Waals surface area contributed by atoms with Gasteiger partial charge in [-0.15, -0.1) is 0 Å². The normalized spacial score (nSPS) is 26.4. The fraction of sp³-hybridized carbons (Fsp3) is 0.818. The minimum absolute atomic E-state index is 0.0236. The van der Waals surface area contributed by atoms with E-state index in [2.05, 4.69) is 17.0 Å². The number of hydrogen-bond donors (Lipinski definition) is 0. The highest BCUT2D eigenvalue weighted by atomic mass is 16.5. The summed E-state index contributed by atoms with van der Waals surface area (Å²) in [6, 6.07) is 1.93. The number of aromatic nitrogens is 1. The zero-order valence-corrected chi connectivity index (χ0v) is 16.9. The summed E-state index contributed by atoms with van der Waals surface area (Å²) in [6.07, 6.45) is 11.6. The number of carbonyl (C=O) groups is 1. The van der Waals surface area contributed by atoms with Gasteiger partial charge in [-0.25, -0.2) is 0 Å². The van der Waals surface area contributed by atoms with Gasteiger partial charge in [-0.3, -0.25) is 4.79 Å². The molecule has 1 aromatic rings. The fourth-order valence-electron chi connectivity index (χ4n) is 5.15. The average Bonchev–Trinajstić information content (AvgIpc) is 3.19. The SMILES string of the molecule is CC1CCN(C(=O)c2cc([C@@H]3CCCN(CC4CCCCC4)C3)no2)CC1. The number of amides is 1. The number of likely N-dealkylation sites (tertiary alicyclic amines) is 2. The Bertz CT molecular complexity index is 615. The molecule has 150 valence electrons. The molecule has 1 saturated carbocycles. The van der Waals surface area contributed by atoms with Crippen LogP contribution in [0, 0.1) is 11.8 Å². The minimum atomic E-state index is 0.0236. The average molecular weight is 374 g/mol. The van der Waals surface area contributed by atoms with E-state index in [-0.39, 0.29) is 5.91 Å². The Morgan fingerprint density at radius 3 is 2.63 bits per heavy atom. The molecule has 2 saturated heterocycles. The summed E-state index contributed by atoms with van der Waals surface area (Å²) in [7, 11) is 0. The van der Waals surface area contributed by atoms with Crippen molar-refractivity contribution in [3.8, 4) is 0 Å². The molecule has 3 fully saturated rings. The van der Waals surface area contributed by atoms with Crippen molar-refractivity contribution >= 4 is 5.91 Å². The molecule has 0 spiro atoms. The van der Waals surface area contributed by atoms with Gasteiger partial charge in [0.05, 0.1) is 5.69 Å². The van der Waals surface area contributed by atoms with E-state index in [0.717, 1.165) is 56.4 Å². The molecule has 0 bridgehead atoms. The van der Waals surface area contributed by atoms with Crippen molar-refractivity contribution in [3.63, 3.8) is 0 Å². The molecule has 1 aliphatic carbocycles. The first-order chi connectivity index (χ1) is 13.2. The van der Waals surface area contributed by atoms with E-state index in [9.17, 15) is 4.79 Å². The maximum atomic E-state index is 12.7. The van der Waals surface area contributed by atoms with Gasteiger partial charge in [0.2, 0.25) is 5.76 Å². The van der Waals surface area contributed by atoms with Gasteiger partial charge in [-0.1, -0.05) is 31.3 Å². The summed E-state index contributed by atoms with van der Waals surface area (Å²) in [6.45, 7) is 7.46. The van der Waals surface area contributed by atoms with E-state index >= 15 is 0 Å². The largest absolute Gasteiger partial charge is 0.351 e. The first-order valence-electron chi connectivity index (χ1n) is 11.2. The molecule has 3 aliphatic rings. The Labute approximate surface area is 163 Å². The van der Waals surface area contributed by atoms with Crippen molar-refractivity contribution in [2.24, 2.45) is 11.8 Å². The van der Waals surface area contributed by atoms with E-state index < -0.39 is 0 Å². The van der Waals surface area contributed by atoms with Crippen LogP contribution in [-0.4, -0.2) is 53.6 Å². The third kappa shape index (κ3) is 4.74. The molecule has 0 N–H and O–H groups in total. The lowest BCUT2D eigenvalue weighted by Gasteiger charge is -2.35. The van der Waals surface area contributed by atoms with Crippen molar-refractivity contribution in [1.82, 2.24) is 15.0 Å². The van der Waals surface area contributed by atoms with E-state index in [1.807, 2.05) is 11.0 Å². The Morgan fingerprint density at radius 2 is 1.85 bits per heavy atom. The lowest BCUT2D eigenvalue weighted by molar-refractivity contribution is 0.0655. The monoisotopic (exact) mass is 373 g/mol. The minimum Gasteiger partial charge on any atom is -0.351 e. The molecule has 1 amide bonds. The molecule has 5 nitrogen and oxygen atoms in total. The molecule has 0 unspecified atom stereocenters. The zero-order chi connectivity index (χ0) is 18.6. The van der Waals surface area contributed by atoms with Gasteiger partial charge >= 0.3 is 0 Å². The van der Waals surface area contributed by atoms with Crippen LogP contribution in [0.3, 0.4) is 0 Å². The van der Waals surface area contributed by atoms with Gasteiger partial charge in [0.15, 0.2) is 0 Å². The van der Waals surface area contributed by atoms with Crippen molar-refractivity contribution in [2.45, 2.75) is 70.6 Å². The van der Waals surface area contributed by atoms with Crippen LogP contribution in [0.1, 0.15) is 86.9 Å². The molecular weight excluding hydrogens is 338 g/mol. The van der Waals surface area contributed by atoms with Crippen LogP contribution in [0.15, 0.2) is 10.6 Å². The summed E-state index contributed by atoms with van der Waals surface area (Å²) in [5.74, 6) is 2.47. The number of piperidine rings is 2. The Hall–Kier alpha value is -1.36. The molecule has 0 aromatic carbocycles. The summed E-state index contributed by atoms with van der Waals surface area (Å²) in [5, 5.41) is 4.30. The van der Waals surface area contributed by atoms with Gasteiger partial charge in [0.1, 0.15) is 0 Å². The topological polar surface area (TPSA) is 49.6 Å². The van der Waals surface area contributed by atoms with Crippen molar-refractivity contribution in [3.05, 3.63) is 17.5 Å². The second-order valence-corrected chi connectivity index (χ2v) is 9.19. The number of rotatable bonds is 4. The summed E-state index contributed by atoms with van der Waals surface area (Å²) < 4.78 is 5.49. The molecule has 2 aliphatic heterocycles. The molecule has 4 rings (SSSR count). The standard InChI is InChI=1S/C22H35N3O2/c1-17-9-12-25(13-10-17)22(26)21-14-20(23-27-21)19-8-5-11-24(16-19)15-18-6-3-2-4-7-18/h14,17-19H,2-13,15-16H2,1H3/t19-/m1/s1. The van der Waals surface area contributed by atoms with Crippen LogP contribution in [0.2, 0.25) is 0 Å². The number of hydrogen-bond acceptors (Lipinski definition) is 4. The van der Waals surface area contributed by atoms with E-state index in [4.69, 9.17) is 4.52 Å². The molecule has 1 aromatic heterocycles. The highest BCUT2D eigenvalue weighted by Crippen LogP contribution is 2.30. The second kappa shape index (κ2) is 8.76. The maximum Gasteiger partial charge on any atom is 0.292 e. The number of nitrogens with zero attached hydrogens (tertiary/aromatic N) is 3. The fourth-order valence-corrected chi connectivity index (χ4v) is 5.15. The van der Waals surface area contributed by atoms with E-state index in [0.29, 0.717) is 11.7 Å². The summed E-state index contributed by atoms with van der Waals surface area (Å²) in [5.41, 5.74) is 0.983.